The van der Waals surface area contributed by atoms with E-state index in [2.05, 4.69) is 20.8 Å². The number of allylic oxidation sites excluding steroid dienone is 1. The minimum atomic E-state index is -0.914. The van der Waals surface area contributed by atoms with E-state index < -0.39 is 5.97 Å². The number of aromatic nitrogens is 1. The molecule has 3 aromatic rings. The van der Waals surface area contributed by atoms with E-state index in [4.69, 9.17) is 28.2 Å². The molecule has 1 aromatic heterocycles. The lowest BCUT2D eigenvalue weighted by Gasteiger charge is -2.36. The fraction of sp³-hybridized carbons (Fsp3) is 0.280. The average Bonchev–Trinajstić information content (AvgIpc) is 2.67. The van der Waals surface area contributed by atoms with Crippen LogP contribution in [-0.4, -0.2) is 16.1 Å². The minimum absolute atomic E-state index is 0.0159. The summed E-state index contributed by atoms with van der Waals surface area (Å²) in [5, 5.41) is 11.9. The van der Waals surface area contributed by atoms with Gasteiger partial charge in [-0.2, -0.15) is 0 Å². The third-order valence-corrected chi connectivity index (χ3v) is 6.51. The van der Waals surface area contributed by atoms with E-state index in [1.165, 1.54) is 0 Å². The van der Waals surface area contributed by atoms with Crippen LogP contribution < -0.4 is 0 Å². The summed E-state index contributed by atoms with van der Waals surface area (Å²) in [4.78, 5) is 17.2. The molecule has 1 aliphatic carbocycles. The van der Waals surface area contributed by atoms with Crippen LogP contribution in [0.4, 0.5) is 0 Å². The highest BCUT2D eigenvalue weighted by Gasteiger charge is 2.35. The lowest BCUT2D eigenvalue weighted by atomic mass is 9.69. The number of fused-ring (bicyclic) bond motifs is 2. The maximum Gasteiger partial charge on any atom is 0.336 e. The van der Waals surface area contributed by atoms with Gasteiger partial charge in [0.2, 0.25) is 0 Å². The van der Waals surface area contributed by atoms with Crippen molar-refractivity contribution >= 4 is 51.7 Å². The van der Waals surface area contributed by atoms with Crippen LogP contribution in [0.15, 0.2) is 42.5 Å². The average molecular weight is 440 g/mol. The molecule has 3 nitrogen and oxygen atoms in total. The molecule has 4 rings (SSSR count). The molecule has 1 atom stereocenters. The predicted octanol–water partition coefficient (Wildman–Crippen LogP) is 7.39. The first-order valence-electron chi connectivity index (χ1n) is 9.96. The Bertz CT molecular complexity index is 1190. The standard InChI is InChI=1S/C25H23Cl2NO2/c1-25(2,3)16-11-15(10-14-8-9-17(26)13-20(14)27)23-19(12-16)22(24(29)30)18-6-4-5-7-21(18)28-23/h4-10,13,16H,11-12H2,1-3H3,(H,29,30). The van der Waals surface area contributed by atoms with Crippen LogP contribution in [-0.2, 0) is 6.42 Å². The van der Waals surface area contributed by atoms with Gasteiger partial charge in [0, 0.05) is 15.4 Å². The molecule has 0 saturated heterocycles. The van der Waals surface area contributed by atoms with Crippen LogP contribution in [0.3, 0.4) is 0 Å². The molecule has 0 bridgehead atoms. The first kappa shape index (κ1) is 20.9. The summed E-state index contributed by atoms with van der Waals surface area (Å²) in [7, 11) is 0. The largest absolute Gasteiger partial charge is 0.478 e. The third-order valence-electron chi connectivity index (χ3n) is 5.95. The zero-order valence-electron chi connectivity index (χ0n) is 17.2. The number of nitrogens with zero attached hydrogens (tertiary/aromatic N) is 1. The van der Waals surface area contributed by atoms with E-state index >= 15 is 0 Å². The van der Waals surface area contributed by atoms with Crippen LogP contribution in [0.5, 0.6) is 0 Å². The molecule has 1 unspecified atom stereocenters. The Kier molecular flexibility index (Phi) is 5.37. The van der Waals surface area contributed by atoms with Crippen molar-refractivity contribution in [1.82, 2.24) is 4.98 Å². The molecule has 1 N–H and O–H groups in total. The topological polar surface area (TPSA) is 50.2 Å². The summed E-state index contributed by atoms with van der Waals surface area (Å²) < 4.78 is 0. The monoisotopic (exact) mass is 439 g/mol. The second kappa shape index (κ2) is 7.72. The van der Waals surface area contributed by atoms with Crippen molar-refractivity contribution in [3.8, 4) is 0 Å². The van der Waals surface area contributed by atoms with Gasteiger partial charge in [0.1, 0.15) is 0 Å². The van der Waals surface area contributed by atoms with Gasteiger partial charge < -0.3 is 5.11 Å². The van der Waals surface area contributed by atoms with Crippen LogP contribution in [0.1, 0.15) is 54.4 Å². The summed E-state index contributed by atoms with van der Waals surface area (Å²) in [6.45, 7) is 6.60. The zero-order valence-corrected chi connectivity index (χ0v) is 18.7. The Labute approximate surface area is 186 Å². The molecular formula is C25H23Cl2NO2. The van der Waals surface area contributed by atoms with E-state index in [-0.39, 0.29) is 11.3 Å². The van der Waals surface area contributed by atoms with Gasteiger partial charge >= 0.3 is 5.97 Å². The van der Waals surface area contributed by atoms with Gasteiger partial charge in [0.05, 0.1) is 16.8 Å². The molecule has 0 spiro atoms. The van der Waals surface area contributed by atoms with Crippen molar-refractivity contribution < 1.29 is 9.90 Å². The summed E-state index contributed by atoms with van der Waals surface area (Å²) in [6, 6.07) is 12.9. The molecule has 0 aliphatic heterocycles. The first-order chi connectivity index (χ1) is 14.1. The third kappa shape index (κ3) is 3.84. The number of halogens is 2. The molecular weight excluding hydrogens is 417 g/mol. The number of carbonyl (C=O) groups is 1. The van der Waals surface area contributed by atoms with Crippen molar-refractivity contribution in [3.63, 3.8) is 0 Å². The Balaban J connectivity index is 2.01. The van der Waals surface area contributed by atoms with Crippen LogP contribution in [0, 0.1) is 11.3 Å². The van der Waals surface area contributed by atoms with E-state index in [0.29, 0.717) is 32.9 Å². The zero-order chi connectivity index (χ0) is 21.6. The Morgan fingerprint density at radius 2 is 1.87 bits per heavy atom. The van der Waals surface area contributed by atoms with Gasteiger partial charge in [-0.25, -0.2) is 9.78 Å². The van der Waals surface area contributed by atoms with E-state index in [9.17, 15) is 9.90 Å². The van der Waals surface area contributed by atoms with Crippen molar-refractivity contribution in [3.05, 3.63) is 74.9 Å². The summed E-state index contributed by atoms with van der Waals surface area (Å²) in [5.41, 5.74) is 4.49. The molecule has 0 amide bonds. The van der Waals surface area contributed by atoms with Gasteiger partial charge in [0.25, 0.3) is 0 Å². The second-order valence-corrected chi connectivity index (χ2v) is 9.79. The highest BCUT2D eigenvalue weighted by atomic mass is 35.5. The molecule has 1 aliphatic rings. The molecule has 0 radical (unpaired) electrons. The molecule has 154 valence electrons. The van der Waals surface area contributed by atoms with Gasteiger partial charge in [-0.05, 0) is 65.1 Å². The van der Waals surface area contributed by atoms with Crippen molar-refractivity contribution in [2.24, 2.45) is 11.3 Å². The number of para-hydroxylation sites is 1. The number of benzene rings is 2. The minimum Gasteiger partial charge on any atom is -0.478 e. The first-order valence-corrected chi connectivity index (χ1v) is 10.7. The van der Waals surface area contributed by atoms with Crippen molar-refractivity contribution in [1.29, 1.82) is 0 Å². The number of rotatable bonds is 2. The van der Waals surface area contributed by atoms with Crippen LogP contribution >= 0.6 is 23.2 Å². The summed E-state index contributed by atoms with van der Waals surface area (Å²) >= 11 is 12.5. The predicted molar refractivity (Wildman–Crippen MR) is 124 cm³/mol. The molecule has 2 aromatic carbocycles. The SMILES string of the molecule is CC(C)(C)C1CC(=Cc2ccc(Cl)cc2Cl)c2nc3ccccc3c(C(=O)O)c2C1. The van der Waals surface area contributed by atoms with Crippen molar-refractivity contribution in [2.75, 3.05) is 0 Å². The summed E-state index contributed by atoms with van der Waals surface area (Å²) in [6.07, 6.45) is 3.52. The number of aromatic carboxylic acids is 1. The van der Waals surface area contributed by atoms with E-state index in [0.717, 1.165) is 28.8 Å². The van der Waals surface area contributed by atoms with Gasteiger partial charge in [0.15, 0.2) is 0 Å². The molecule has 5 heteroatoms. The smallest absolute Gasteiger partial charge is 0.336 e. The molecule has 1 heterocycles. The lowest BCUT2D eigenvalue weighted by molar-refractivity contribution is 0.0696. The number of pyridine rings is 1. The Morgan fingerprint density at radius 3 is 2.53 bits per heavy atom. The number of hydrogen-bond acceptors (Lipinski definition) is 2. The maximum absolute atomic E-state index is 12.3. The number of carboxylic acids is 1. The fourth-order valence-electron chi connectivity index (χ4n) is 4.19. The van der Waals surface area contributed by atoms with Gasteiger partial charge in [-0.3, -0.25) is 0 Å². The number of carboxylic acid groups (broad SMARTS) is 1. The maximum atomic E-state index is 12.3. The molecule has 0 fully saturated rings. The van der Waals surface area contributed by atoms with Crippen LogP contribution in [0.2, 0.25) is 10.0 Å². The lowest BCUT2D eigenvalue weighted by Crippen LogP contribution is -2.28. The quantitative estimate of drug-likeness (QED) is 0.452. The summed E-state index contributed by atoms with van der Waals surface area (Å²) in [5.74, 6) is -0.633. The molecule has 0 saturated carbocycles. The Morgan fingerprint density at radius 1 is 1.13 bits per heavy atom. The molecule has 30 heavy (non-hydrogen) atoms. The number of hydrogen-bond donors (Lipinski definition) is 1. The van der Waals surface area contributed by atoms with Crippen molar-refractivity contribution in [2.45, 2.75) is 33.6 Å². The Hall–Kier alpha value is -2.36. The van der Waals surface area contributed by atoms with E-state index in [1.54, 1.807) is 12.1 Å². The van der Waals surface area contributed by atoms with Gasteiger partial charge in [-0.1, -0.05) is 68.2 Å². The van der Waals surface area contributed by atoms with Gasteiger partial charge in [-0.15, -0.1) is 0 Å². The highest BCUT2D eigenvalue weighted by molar-refractivity contribution is 6.35. The van der Waals surface area contributed by atoms with E-state index in [1.807, 2.05) is 36.4 Å². The highest BCUT2D eigenvalue weighted by Crippen LogP contribution is 2.45. The normalized spacial score (nSPS) is 17.9. The fourth-order valence-corrected chi connectivity index (χ4v) is 4.65. The second-order valence-electron chi connectivity index (χ2n) is 8.94. The van der Waals surface area contributed by atoms with Crippen LogP contribution in [0.25, 0.3) is 22.6 Å².